The van der Waals surface area contributed by atoms with Crippen LogP contribution >= 0.6 is 0 Å². The summed E-state index contributed by atoms with van der Waals surface area (Å²) < 4.78 is 0. The number of carbonyl (C=O) groups excluding carboxylic acids is 1. The van der Waals surface area contributed by atoms with Crippen LogP contribution in [-0.2, 0) is 0 Å². The summed E-state index contributed by atoms with van der Waals surface area (Å²) in [5, 5.41) is 12.4. The number of phenols is 1. The van der Waals surface area contributed by atoms with Gasteiger partial charge in [0.25, 0.3) is 5.91 Å². The molecule has 0 aliphatic carbocycles. The maximum Gasteiger partial charge on any atom is 0.253 e. The molecule has 18 heavy (non-hydrogen) atoms. The summed E-state index contributed by atoms with van der Waals surface area (Å²) in [5.74, 6) is 0.805. The van der Waals surface area contributed by atoms with E-state index in [1.165, 1.54) is 6.42 Å². The molecule has 1 atom stereocenters. The number of phenolic OH excluding ortho intramolecular Hbond substituents is 1. The molecular weight excluding hydrogens is 228 g/mol. The Balaban J connectivity index is 2.02. The van der Waals surface area contributed by atoms with Gasteiger partial charge in [0.15, 0.2) is 0 Å². The van der Waals surface area contributed by atoms with Crippen molar-refractivity contribution in [2.24, 2.45) is 5.92 Å². The molecular formula is C14H20N2O2. The van der Waals surface area contributed by atoms with Crippen molar-refractivity contribution < 1.29 is 9.90 Å². The van der Waals surface area contributed by atoms with E-state index in [9.17, 15) is 9.90 Å². The van der Waals surface area contributed by atoms with Crippen LogP contribution < -0.4 is 5.32 Å². The predicted molar refractivity (Wildman–Crippen MR) is 70.7 cm³/mol. The Kier molecular flexibility index (Phi) is 4.20. The zero-order valence-corrected chi connectivity index (χ0v) is 10.7. The zero-order chi connectivity index (χ0) is 13.0. The fourth-order valence-corrected chi connectivity index (χ4v) is 2.49. The van der Waals surface area contributed by atoms with E-state index in [2.05, 4.69) is 5.32 Å². The van der Waals surface area contributed by atoms with E-state index in [1.807, 2.05) is 11.9 Å². The average Bonchev–Trinajstić information content (AvgIpc) is 2.39. The van der Waals surface area contributed by atoms with Crippen LogP contribution in [0.15, 0.2) is 24.3 Å². The summed E-state index contributed by atoms with van der Waals surface area (Å²) in [4.78, 5) is 14.2. The van der Waals surface area contributed by atoms with E-state index in [0.717, 1.165) is 26.1 Å². The van der Waals surface area contributed by atoms with Crippen LogP contribution in [0.3, 0.4) is 0 Å². The molecule has 1 aromatic carbocycles. The highest BCUT2D eigenvalue weighted by molar-refractivity contribution is 5.94. The normalized spacial score (nSPS) is 19.8. The number of amides is 1. The van der Waals surface area contributed by atoms with Crippen molar-refractivity contribution >= 4 is 5.91 Å². The fourth-order valence-electron chi connectivity index (χ4n) is 2.49. The molecule has 1 heterocycles. The first-order valence-electron chi connectivity index (χ1n) is 6.43. The van der Waals surface area contributed by atoms with Crippen molar-refractivity contribution in [2.45, 2.75) is 12.8 Å². The van der Waals surface area contributed by atoms with Gasteiger partial charge in [-0.05, 0) is 56.6 Å². The van der Waals surface area contributed by atoms with E-state index >= 15 is 0 Å². The smallest absolute Gasteiger partial charge is 0.253 e. The van der Waals surface area contributed by atoms with Gasteiger partial charge in [-0.2, -0.15) is 0 Å². The molecule has 0 spiro atoms. The minimum absolute atomic E-state index is 0.0656. The van der Waals surface area contributed by atoms with Crippen LogP contribution in [-0.4, -0.2) is 42.6 Å². The molecule has 2 rings (SSSR count). The maximum atomic E-state index is 12.3. The topological polar surface area (TPSA) is 52.6 Å². The minimum atomic E-state index is 0.0656. The average molecular weight is 248 g/mol. The Morgan fingerprint density at radius 3 is 2.83 bits per heavy atom. The number of benzene rings is 1. The molecule has 1 unspecified atom stereocenters. The van der Waals surface area contributed by atoms with Gasteiger partial charge in [-0.15, -0.1) is 0 Å². The predicted octanol–water partition coefficient (Wildman–Crippen LogP) is 1.46. The van der Waals surface area contributed by atoms with Gasteiger partial charge in [0.05, 0.1) is 0 Å². The standard InChI is InChI=1S/C14H20N2O2/c1-15-9-11-3-2-8-16(10-11)14(18)12-4-6-13(17)7-5-12/h4-7,11,15,17H,2-3,8-10H2,1H3. The number of likely N-dealkylation sites (tertiary alicyclic amines) is 1. The molecule has 4 heteroatoms. The molecule has 1 fully saturated rings. The summed E-state index contributed by atoms with van der Waals surface area (Å²) in [6.45, 7) is 2.61. The third-order valence-corrected chi connectivity index (χ3v) is 3.41. The molecule has 0 bridgehead atoms. The summed E-state index contributed by atoms with van der Waals surface area (Å²) in [7, 11) is 1.95. The Labute approximate surface area is 108 Å². The van der Waals surface area contributed by atoms with Crippen LogP contribution in [0.5, 0.6) is 5.75 Å². The lowest BCUT2D eigenvalue weighted by molar-refractivity contribution is 0.0674. The van der Waals surface area contributed by atoms with E-state index in [0.29, 0.717) is 11.5 Å². The lowest BCUT2D eigenvalue weighted by Crippen LogP contribution is -2.42. The first kappa shape index (κ1) is 12.9. The van der Waals surface area contributed by atoms with Gasteiger partial charge in [-0.3, -0.25) is 4.79 Å². The molecule has 1 aliphatic rings. The molecule has 0 saturated carbocycles. The number of nitrogens with zero attached hydrogens (tertiary/aromatic N) is 1. The number of hydrogen-bond donors (Lipinski definition) is 2. The van der Waals surface area contributed by atoms with Crippen molar-refractivity contribution in [1.82, 2.24) is 10.2 Å². The van der Waals surface area contributed by atoms with Gasteiger partial charge in [0.1, 0.15) is 5.75 Å². The minimum Gasteiger partial charge on any atom is -0.508 e. The number of nitrogens with one attached hydrogen (secondary N) is 1. The van der Waals surface area contributed by atoms with Gasteiger partial charge in [-0.25, -0.2) is 0 Å². The highest BCUT2D eigenvalue weighted by Gasteiger charge is 2.23. The largest absolute Gasteiger partial charge is 0.508 e. The molecule has 4 nitrogen and oxygen atoms in total. The molecule has 1 aliphatic heterocycles. The third kappa shape index (κ3) is 3.01. The van der Waals surface area contributed by atoms with Crippen LogP contribution in [0.1, 0.15) is 23.2 Å². The first-order valence-corrected chi connectivity index (χ1v) is 6.43. The van der Waals surface area contributed by atoms with Gasteiger partial charge in [-0.1, -0.05) is 0 Å². The van der Waals surface area contributed by atoms with E-state index in [4.69, 9.17) is 0 Å². The molecule has 1 aromatic rings. The molecule has 2 N–H and O–H groups in total. The third-order valence-electron chi connectivity index (χ3n) is 3.41. The van der Waals surface area contributed by atoms with Crippen molar-refractivity contribution in [2.75, 3.05) is 26.7 Å². The fraction of sp³-hybridized carbons (Fsp3) is 0.500. The monoisotopic (exact) mass is 248 g/mol. The van der Waals surface area contributed by atoms with Gasteiger partial charge in [0.2, 0.25) is 0 Å². The van der Waals surface area contributed by atoms with Gasteiger partial charge >= 0.3 is 0 Å². The number of hydrogen-bond acceptors (Lipinski definition) is 3. The van der Waals surface area contributed by atoms with Crippen molar-refractivity contribution in [3.05, 3.63) is 29.8 Å². The molecule has 1 amide bonds. The second-order valence-corrected chi connectivity index (χ2v) is 4.86. The molecule has 1 saturated heterocycles. The number of piperidine rings is 1. The maximum absolute atomic E-state index is 12.3. The Morgan fingerprint density at radius 2 is 2.17 bits per heavy atom. The Hall–Kier alpha value is -1.55. The summed E-state index contributed by atoms with van der Waals surface area (Å²) in [5.41, 5.74) is 0.651. The highest BCUT2D eigenvalue weighted by Crippen LogP contribution is 2.19. The number of aromatic hydroxyl groups is 1. The lowest BCUT2D eigenvalue weighted by atomic mass is 9.97. The van der Waals surface area contributed by atoms with Crippen LogP contribution in [0.2, 0.25) is 0 Å². The van der Waals surface area contributed by atoms with Crippen molar-refractivity contribution in [3.63, 3.8) is 0 Å². The van der Waals surface area contributed by atoms with Crippen molar-refractivity contribution in [3.8, 4) is 5.75 Å². The second kappa shape index (κ2) is 5.87. The number of carbonyl (C=O) groups is 1. The summed E-state index contributed by atoms with van der Waals surface area (Å²) in [6.07, 6.45) is 2.25. The molecule has 98 valence electrons. The highest BCUT2D eigenvalue weighted by atomic mass is 16.3. The van der Waals surface area contributed by atoms with Crippen LogP contribution in [0, 0.1) is 5.92 Å². The molecule has 0 radical (unpaired) electrons. The second-order valence-electron chi connectivity index (χ2n) is 4.86. The Morgan fingerprint density at radius 1 is 1.44 bits per heavy atom. The number of rotatable bonds is 3. The van der Waals surface area contributed by atoms with E-state index in [1.54, 1.807) is 24.3 Å². The Bertz CT molecular complexity index is 401. The SMILES string of the molecule is CNCC1CCCN(C(=O)c2ccc(O)cc2)C1. The van der Waals surface area contributed by atoms with Crippen LogP contribution in [0.25, 0.3) is 0 Å². The molecule has 0 aromatic heterocycles. The van der Waals surface area contributed by atoms with E-state index in [-0.39, 0.29) is 11.7 Å². The lowest BCUT2D eigenvalue weighted by Gasteiger charge is -2.32. The van der Waals surface area contributed by atoms with Crippen LogP contribution in [0.4, 0.5) is 0 Å². The van der Waals surface area contributed by atoms with Crippen molar-refractivity contribution in [1.29, 1.82) is 0 Å². The quantitative estimate of drug-likeness (QED) is 0.851. The summed E-state index contributed by atoms with van der Waals surface area (Å²) in [6, 6.07) is 6.48. The van der Waals surface area contributed by atoms with Gasteiger partial charge < -0.3 is 15.3 Å². The summed E-state index contributed by atoms with van der Waals surface area (Å²) >= 11 is 0. The van der Waals surface area contributed by atoms with Gasteiger partial charge in [0, 0.05) is 18.7 Å². The zero-order valence-electron chi connectivity index (χ0n) is 10.7. The van der Waals surface area contributed by atoms with E-state index < -0.39 is 0 Å². The first-order chi connectivity index (χ1) is 8.70.